The molecule has 19 heavy (non-hydrogen) atoms. The van der Waals surface area contributed by atoms with Crippen LogP contribution in [0.25, 0.3) is 11.4 Å². The predicted octanol–water partition coefficient (Wildman–Crippen LogP) is 2.95. The standard InChI is InChI=1S/C13H12N4OS/c1-9-7-14-11(18-9)8-17-12(15-16-13(17)19)10-5-3-2-4-6-10/h2-7H,8H2,1H3,(H,16,19). The fourth-order valence-electron chi connectivity index (χ4n) is 1.88. The minimum atomic E-state index is 0.466. The third-order valence-corrected chi connectivity index (χ3v) is 3.06. The maximum Gasteiger partial charge on any atom is 0.214 e. The average molecular weight is 272 g/mol. The number of nitrogens with zero attached hydrogens (tertiary/aromatic N) is 3. The maximum atomic E-state index is 5.48. The molecule has 1 N–H and O–H groups in total. The van der Waals surface area contributed by atoms with Crippen molar-refractivity contribution < 1.29 is 4.42 Å². The molecule has 3 rings (SSSR count). The summed E-state index contributed by atoms with van der Waals surface area (Å²) in [6.45, 7) is 2.33. The smallest absolute Gasteiger partial charge is 0.214 e. The van der Waals surface area contributed by atoms with Crippen molar-refractivity contribution in [2.24, 2.45) is 0 Å². The van der Waals surface area contributed by atoms with Gasteiger partial charge in [0.25, 0.3) is 0 Å². The van der Waals surface area contributed by atoms with E-state index < -0.39 is 0 Å². The number of aromatic amines is 1. The van der Waals surface area contributed by atoms with Crippen LogP contribution in [0.2, 0.25) is 0 Å². The molecule has 1 aromatic carbocycles. The lowest BCUT2D eigenvalue weighted by molar-refractivity contribution is 0.457. The van der Waals surface area contributed by atoms with Gasteiger partial charge in [0.1, 0.15) is 12.3 Å². The number of hydrogen-bond donors (Lipinski definition) is 1. The van der Waals surface area contributed by atoms with E-state index in [1.54, 1.807) is 6.20 Å². The van der Waals surface area contributed by atoms with E-state index >= 15 is 0 Å². The van der Waals surface area contributed by atoms with E-state index in [1.807, 2.05) is 41.8 Å². The Labute approximate surface area is 114 Å². The van der Waals surface area contributed by atoms with E-state index in [4.69, 9.17) is 16.6 Å². The summed E-state index contributed by atoms with van der Waals surface area (Å²) in [7, 11) is 0. The number of aryl methyl sites for hydroxylation is 1. The molecule has 0 aliphatic heterocycles. The lowest BCUT2D eigenvalue weighted by Crippen LogP contribution is -2.02. The molecular weight excluding hydrogens is 260 g/mol. The first-order valence-corrected chi connectivity index (χ1v) is 6.27. The molecule has 5 nitrogen and oxygen atoms in total. The molecule has 0 atom stereocenters. The van der Waals surface area contributed by atoms with Crippen molar-refractivity contribution in [3.05, 3.63) is 53.0 Å². The molecule has 0 radical (unpaired) electrons. The number of benzene rings is 1. The molecular formula is C13H12N4OS. The van der Waals surface area contributed by atoms with Crippen molar-refractivity contribution in [2.45, 2.75) is 13.5 Å². The molecule has 96 valence electrons. The molecule has 0 bridgehead atoms. The van der Waals surface area contributed by atoms with Crippen LogP contribution in [0.5, 0.6) is 0 Å². The topological polar surface area (TPSA) is 59.6 Å². The molecule has 6 heteroatoms. The molecule has 0 amide bonds. The highest BCUT2D eigenvalue weighted by atomic mass is 32.1. The molecule has 0 aliphatic carbocycles. The van der Waals surface area contributed by atoms with Crippen LogP contribution in [0.15, 0.2) is 40.9 Å². The highest BCUT2D eigenvalue weighted by Gasteiger charge is 2.11. The first-order chi connectivity index (χ1) is 9.24. The van der Waals surface area contributed by atoms with Crippen LogP contribution in [0, 0.1) is 11.7 Å². The largest absolute Gasteiger partial charge is 0.444 e. The summed E-state index contributed by atoms with van der Waals surface area (Å²) in [5.74, 6) is 2.18. The minimum Gasteiger partial charge on any atom is -0.444 e. The van der Waals surface area contributed by atoms with Gasteiger partial charge in [-0.1, -0.05) is 30.3 Å². The molecule has 2 heterocycles. The number of rotatable bonds is 3. The van der Waals surface area contributed by atoms with Crippen molar-refractivity contribution >= 4 is 12.2 Å². The minimum absolute atomic E-state index is 0.466. The zero-order chi connectivity index (χ0) is 13.2. The van der Waals surface area contributed by atoms with E-state index in [9.17, 15) is 0 Å². The van der Waals surface area contributed by atoms with E-state index in [1.165, 1.54) is 0 Å². The van der Waals surface area contributed by atoms with E-state index in [0.717, 1.165) is 17.1 Å². The van der Waals surface area contributed by atoms with Crippen LogP contribution in [0.4, 0.5) is 0 Å². The number of aromatic nitrogens is 4. The van der Waals surface area contributed by atoms with Gasteiger partial charge in [0.15, 0.2) is 10.6 Å². The summed E-state index contributed by atoms with van der Waals surface area (Å²) < 4.78 is 7.90. The molecule has 0 unspecified atom stereocenters. The summed E-state index contributed by atoms with van der Waals surface area (Å²) in [6, 6.07) is 9.87. The highest BCUT2D eigenvalue weighted by Crippen LogP contribution is 2.18. The Morgan fingerprint density at radius 1 is 1.32 bits per heavy atom. The fourth-order valence-corrected chi connectivity index (χ4v) is 2.08. The Kier molecular flexibility index (Phi) is 3.00. The van der Waals surface area contributed by atoms with Crippen molar-refractivity contribution in [1.29, 1.82) is 0 Å². The van der Waals surface area contributed by atoms with Crippen LogP contribution in [-0.4, -0.2) is 19.7 Å². The van der Waals surface area contributed by atoms with Gasteiger partial charge >= 0.3 is 0 Å². The lowest BCUT2D eigenvalue weighted by Gasteiger charge is -2.04. The zero-order valence-electron chi connectivity index (χ0n) is 10.3. The average Bonchev–Trinajstić information content (AvgIpc) is 2.99. The van der Waals surface area contributed by atoms with Gasteiger partial charge in [0.05, 0.1) is 6.20 Å². The number of H-pyrrole nitrogens is 1. The van der Waals surface area contributed by atoms with Crippen molar-refractivity contribution in [1.82, 2.24) is 19.7 Å². The molecule has 2 aromatic heterocycles. The summed E-state index contributed by atoms with van der Waals surface area (Å²) in [5.41, 5.74) is 0.998. The SMILES string of the molecule is Cc1cnc(Cn2c(-c3ccccc3)n[nH]c2=S)o1. The van der Waals surface area contributed by atoms with Crippen LogP contribution in [-0.2, 0) is 6.54 Å². The quantitative estimate of drug-likeness (QED) is 0.745. The second kappa shape index (κ2) is 4.81. The van der Waals surface area contributed by atoms with Crippen LogP contribution in [0.1, 0.15) is 11.7 Å². The fraction of sp³-hybridized carbons (Fsp3) is 0.154. The molecule has 0 aliphatic rings. The zero-order valence-corrected chi connectivity index (χ0v) is 11.1. The van der Waals surface area contributed by atoms with Crippen LogP contribution >= 0.6 is 12.2 Å². The van der Waals surface area contributed by atoms with E-state index in [-0.39, 0.29) is 0 Å². The first-order valence-electron chi connectivity index (χ1n) is 5.86. The van der Waals surface area contributed by atoms with E-state index in [2.05, 4.69) is 15.2 Å². The Bertz CT molecular complexity index is 741. The summed E-state index contributed by atoms with van der Waals surface area (Å²) in [6.07, 6.45) is 1.70. The lowest BCUT2D eigenvalue weighted by atomic mass is 10.2. The molecule has 0 fully saturated rings. The predicted molar refractivity (Wildman–Crippen MR) is 73.2 cm³/mol. The highest BCUT2D eigenvalue weighted by molar-refractivity contribution is 7.71. The Morgan fingerprint density at radius 3 is 2.79 bits per heavy atom. The number of oxazole rings is 1. The van der Waals surface area contributed by atoms with Gasteiger partial charge in [-0.3, -0.25) is 9.67 Å². The van der Waals surface area contributed by atoms with Gasteiger partial charge < -0.3 is 4.42 Å². The normalized spacial score (nSPS) is 10.8. The maximum absolute atomic E-state index is 5.48. The molecule has 0 saturated carbocycles. The second-order valence-corrected chi connectivity index (χ2v) is 4.56. The molecule has 0 saturated heterocycles. The Hall–Kier alpha value is -2.21. The van der Waals surface area contributed by atoms with Gasteiger partial charge in [0, 0.05) is 5.56 Å². The Balaban J connectivity index is 2.02. The summed E-state index contributed by atoms with van der Waals surface area (Å²) in [5, 5.41) is 7.07. The van der Waals surface area contributed by atoms with Crippen molar-refractivity contribution in [3.63, 3.8) is 0 Å². The number of nitrogens with one attached hydrogen (secondary N) is 1. The molecule has 0 spiro atoms. The number of hydrogen-bond acceptors (Lipinski definition) is 4. The monoisotopic (exact) mass is 272 g/mol. The first kappa shape index (κ1) is 11.9. The summed E-state index contributed by atoms with van der Waals surface area (Å²) >= 11 is 5.25. The van der Waals surface area contributed by atoms with Gasteiger partial charge in [-0.2, -0.15) is 5.10 Å². The Morgan fingerprint density at radius 2 is 2.11 bits per heavy atom. The van der Waals surface area contributed by atoms with Crippen LogP contribution < -0.4 is 0 Å². The third kappa shape index (κ3) is 2.34. The third-order valence-electron chi connectivity index (χ3n) is 2.75. The van der Waals surface area contributed by atoms with Crippen molar-refractivity contribution in [3.8, 4) is 11.4 Å². The van der Waals surface area contributed by atoms with Gasteiger partial charge in [-0.25, -0.2) is 4.98 Å². The van der Waals surface area contributed by atoms with Crippen LogP contribution in [0.3, 0.4) is 0 Å². The summed E-state index contributed by atoms with van der Waals surface area (Å²) in [4.78, 5) is 4.19. The second-order valence-electron chi connectivity index (χ2n) is 4.17. The van der Waals surface area contributed by atoms with Gasteiger partial charge in [-0.05, 0) is 19.1 Å². The molecule has 3 aromatic rings. The van der Waals surface area contributed by atoms with Gasteiger partial charge in [0.2, 0.25) is 5.89 Å². The van der Waals surface area contributed by atoms with Crippen molar-refractivity contribution in [2.75, 3.05) is 0 Å². The van der Waals surface area contributed by atoms with Gasteiger partial charge in [-0.15, -0.1) is 0 Å². The van der Waals surface area contributed by atoms with E-state index in [0.29, 0.717) is 17.2 Å².